The fourth-order valence-electron chi connectivity index (χ4n) is 1.44. The van der Waals surface area contributed by atoms with Crippen molar-refractivity contribution in [3.63, 3.8) is 0 Å². The highest BCUT2D eigenvalue weighted by atomic mass is 16.3. The van der Waals surface area contributed by atoms with Gasteiger partial charge in [0.25, 0.3) is 5.91 Å². The highest BCUT2D eigenvalue weighted by Crippen LogP contribution is 2.24. The van der Waals surface area contributed by atoms with Gasteiger partial charge in [-0.2, -0.15) is 10.2 Å². The summed E-state index contributed by atoms with van der Waals surface area (Å²) in [6.07, 6.45) is 1.55. The second-order valence-electron chi connectivity index (χ2n) is 3.64. The molecule has 6 nitrogen and oxygen atoms in total. The molecule has 1 heterocycles. The minimum absolute atomic E-state index is 0.138. The fraction of sp³-hybridized carbons (Fsp3) is 0.0833. The molecule has 6 heteroatoms. The van der Waals surface area contributed by atoms with Crippen LogP contribution in [-0.2, 0) is 6.54 Å². The van der Waals surface area contributed by atoms with E-state index in [0.717, 1.165) is 0 Å². The van der Waals surface area contributed by atoms with Crippen LogP contribution in [0, 0.1) is 0 Å². The van der Waals surface area contributed by atoms with Crippen molar-refractivity contribution in [2.24, 2.45) is 0 Å². The molecular formula is C12H12N4O2. The Balaban J connectivity index is 2.07. The van der Waals surface area contributed by atoms with Crippen molar-refractivity contribution in [1.82, 2.24) is 15.5 Å². The molecule has 92 valence electrons. The number of anilines is 1. The number of phenolic OH excluding ortho intramolecular Hbond substituents is 1. The second-order valence-corrected chi connectivity index (χ2v) is 3.64. The van der Waals surface area contributed by atoms with Crippen molar-refractivity contribution < 1.29 is 9.90 Å². The molecule has 0 atom stereocenters. The summed E-state index contributed by atoms with van der Waals surface area (Å²) >= 11 is 0. The summed E-state index contributed by atoms with van der Waals surface area (Å²) in [6.45, 7) is 0.237. The lowest BCUT2D eigenvalue weighted by atomic mass is 10.1. The Kier molecular flexibility index (Phi) is 3.38. The van der Waals surface area contributed by atoms with Gasteiger partial charge in [-0.05, 0) is 24.3 Å². The SMILES string of the molecule is Nc1cccc(C(=O)NCc2cccnn2)c1O. The molecule has 0 saturated heterocycles. The maximum Gasteiger partial charge on any atom is 0.255 e. The first-order valence-corrected chi connectivity index (χ1v) is 5.30. The third kappa shape index (κ3) is 2.54. The Labute approximate surface area is 103 Å². The number of carbonyl (C=O) groups is 1. The number of hydrogen-bond acceptors (Lipinski definition) is 5. The number of para-hydroxylation sites is 1. The molecular weight excluding hydrogens is 232 g/mol. The van der Waals surface area contributed by atoms with Crippen LogP contribution in [-0.4, -0.2) is 21.2 Å². The van der Waals surface area contributed by atoms with Crippen molar-refractivity contribution in [3.8, 4) is 5.75 Å². The van der Waals surface area contributed by atoms with Crippen LogP contribution in [0.5, 0.6) is 5.75 Å². The lowest BCUT2D eigenvalue weighted by Gasteiger charge is -2.07. The third-order valence-electron chi connectivity index (χ3n) is 2.37. The molecule has 2 aromatic rings. The van der Waals surface area contributed by atoms with E-state index < -0.39 is 5.91 Å². The van der Waals surface area contributed by atoms with Gasteiger partial charge in [0.1, 0.15) is 0 Å². The lowest BCUT2D eigenvalue weighted by Crippen LogP contribution is -2.23. The van der Waals surface area contributed by atoms with Crippen molar-refractivity contribution in [1.29, 1.82) is 0 Å². The molecule has 1 aromatic heterocycles. The van der Waals surface area contributed by atoms with Crippen LogP contribution < -0.4 is 11.1 Å². The van der Waals surface area contributed by atoms with Gasteiger partial charge in [0.15, 0.2) is 5.75 Å². The number of nitrogens with one attached hydrogen (secondary N) is 1. The van der Waals surface area contributed by atoms with E-state index >= 15 is 0 Å². The number of carbonyl (C=O) groups excluding carboxylic acids is 1. The largest absolute Gasteiger partial charge is 0.505 e. The number of rotatable bonds is 3. The number of amides is 1. The van der Waals surface area contributed by atoms with Crippen LogP contribution in [0.2, 0.25) is 0 Å². The summed E-state index contributed by atoms with van der Waals surface area (Å²) in [4.78, 5) is 11.8. The van der Waals surface area contributed by atoms with E-state index in [1.807, 2.05) is 0 Å². The quantitative estimate of drug-likeness (QED) is 0.545. The number of nitrogens with two attached hydrogens (primary N) is 1. The first-order chi connectivity index (χ1) is 8.68. The van der Waals surface area contributed by atoms with Crippen LogP contribution in [0.25, 0.3) is 0 Å². The monoisotopic (exact) mass is 244 g/mol. The fourth-order valence-corrected chi connectivity index (χ4v) is 1.44. The zero-order valence-corrected chi connectivity index (χ0v) is 9.50. The summed E-state index contributed by atoms with van der Waals surface area (Å²) in [7, 11) is 0. The summed E-state index contributed by atoms with van der Waals surface area (Å²) in [6, 6.07) is 8.09. The maximum absolute atomic E-state index is 11.8. The molecule has 0 bridgehead atoms. The Morgan fingerprint density at radius 2 is 2.17 bits per heavy atom. The zero-order chi connectivity index (χ0) is 13.0. The Bertz CT molecular complexity index is 557. The number of aromatic hydroxyl groups is 1. The molecule has 0 aliphatic heterocycles. The van der Waals surface area contributed by atoms with Gasteiger partial charge in [0, 0.05) is 6.20 Å². The van der Waals surface area contributed by atoms with E-state index in [0.29, 0.717) is 5.69 Å². The molecule has 2 rings (SSSR count). The molecule has 4 N–H and O–H groups in total. The molecule has 0 aliphatic carbocycles. The van der Waals surface area contributed by atoms with E-state index in [4.69, 9.17) is 5.73 Å². The van der Waals surface area contributed by atoms with Gasteiger partial charge in [0.2, 0.25) is 0 Å². The number of nitrogen functional groups attached to an aromatic ring is 1. The van der Waals surface area contributed by atoms with E-state index in [-0.39, 0.29) is 23.5 Å². The van der Waals surface area contributed by atoms with Gasteiger partial charge < -0.3 is 16.2 Å². The number of hydrogen-bond donors (Lipinski definition) is 3. The average molecular weight is 244 g/mol. The molecule has 1 amide bonds. The van der Waals surface area contributed by atoms with Gasteiger partial charge in [-0.15, -0.1) is 0 Å². The Morgan fingerprint density at radius 3 is 2.89 bits per heavy atom. The van der Waals surface area contributed by atoms with E-state index in [9.17, 15) is 9.90 Å². The molecule has 0 aliphatic rings. The Hall–Kier alpha value is -2.63. The van der Waals surface area contributed by atoms with Crippen LogP contribution in [0.15, 0.2) is 36.5 Å². The summed E-state index contributed by atoms with van der Waals surface area (Å²) < 4.78 is 0. The minimum Gasteiger partial charge on any atom is -0.505 e. The first kappa shape index (κ1) is 11.8. The van der Waals surface area contributed by atoms with Gasteiger partial charge in [-0.3, -0.25) is 4.79 Å². The molecule has 0 spiro atoms. The number of benzene rings is 1. The molecule has 1 aromatic carbocycles. The maximum atomic E-state index is 11.8. The van der Waals surface area contributed by atoms with E-state index in [1.165, 1.54) is 12.1 Å². The summed E-state index contributed by atoms with van der Waals surface area (Å²) in [5.74, 6) is -0.625. The van der Waals surface area contributed by atoms with Gasteiger partial charge in [0.05, 0.1) is 23.5 Å². The minimum atomic E-state index is -0.412. The highest BCUT2D eigenvalue weighted by Gasteiger charge is 2.12. The van der Waals surface area contributed by atoms with Gasteiger partial charge in [-0.1, -0.05) is 6.07 Å². The van der Waals surface area contributed by atoms with Crippen molar-refractivity contribution >= 4 is 11.6 Å². The predicted molar refractivity (Wildman–Crippen MR) is 65.7 cm³/mol. The Morgan fingerprint density at radius 1 is 1.33 bits per heavy atom. The predicted octanol–water partition coefficient (Wildman–Crippen LogP) is 0.694. The lowest BCUT2D eigenvalue weighted by molar-refractivity contribution is 0.0947. The number of phenols is 1. The van der Waals surface area contributed by atoms with Crippen molar-refractivity contribution in [3.05, 3.63) is 47.8 Å². The highest BCUT2D eigenvalue weighted by molar-refractivity contribution is 5.98. The third-order valence-corrected chi connectivity index (χ3v) is 2.37. The van der Waals surface area contributed by atoms with Crippen LogP contribution >= 0.6 is 0 Å². The smallest absolute Gasteiger partial charge is 0.255 e. The first-order valence-electron chi connectivity index (χ1n) is 5.30. The standard InChI is InChI=1S/C12H12N4O2/c13-10-5-1-4-9(11(10)17)12(18)14-7-8-3-2-6-15-16-8/h1-6,17H,7,13H2,(H,14,18). The zero-order valence-electron chi connectivity index (χ0n) is 9.50. The van der Waals surface area contributed by atoms with Crippen molar-refractivity contribution in [2.45, 2.75) is 6.54 Å². The molecule has 0 saturated carbocycles. The number of aromatic nitrogens is 2. The second kappa shape index (κ2) is 5.13. The molecule has 0 radical (unpaired) electrons. The van der Waals surface area contributed by atoms with E-state index in [1.54, 1.807) is 24.4 Å². The van der Waals surface area contributed by atoms with Crippen LogP contribution in [0.3, 0.4) is 0 Å². The van der Waals surface area contributed by atoms with Crippen LogP contribution in [0.1, 0.15) is 16.1 Å². The van der Waals surface area contributed by atoms with E-state index in [2.05, 4.69) is 15.5 Å². The number of nitrogens with zero attached hydrogens (tertiary/aromatic N) is 2. The van der Waals surface area contributed by atoms with Gasteiger partial charge in [-0.25, -0.2) is 0 Å². The van der Waals surface area contributed by atoms with Gasteiger partial charge >= 0.3 is 0 Å². The van der Waals surface area contributed by atoms with Crippen LogP contribution in [0.4, 0.5) is 5.69 Å². The summed E-state index contributed by atoms with van der Waals surface area (Å²) in [5, 5.41) is 19.8. The molecule has 18 heavy (non-hydrogen) atoms. The molecule has 0 fully saturated rings. The summed E-state index contributed by atoms with van der Waals surface area (Å²) in [5.41, 5.74) is 6.45. The van der Waals surface area contributed by atoms with Crippen molar-refractivity contribution in [2.75, 3.05) is 5.73 Å². The topological polar surface area (TPSA) is 101 Å². The normalized spacial score (nSPS) is 10.0. The molecule has 0 unspecified atom stereocenters. The average Bonchev–Trinajstić information content (AvgIpc) is 2.40.